The van der Waals surface area contributed by atoms with Gasteiger partial charge in [0.25, 0.3) is 5.91 Å². The number of anilines is 1. The van der Waals surface area contributed by atoms with E-state index in [2.05, 4.69) is 35.1 Å². The van der Waals surface area contributed by atoms with E-state index in [4.69, 9.17) is 5.73 Å². The van der Waals surface area contributed by atoms with Crippen molar-refractivity contribution in [1.29, 1.82) is 0 Å². The fourth-order valence-corrected chi connectivity index (χ4v) is 2.54. The van der Waals surface area contributed by atoms with E-state index >= 15 is 0 Å². The van der Waals surface area contributed by atoms with Crippen molar-refractivity contribution in [2.45, 2.75) is 46.6 Å². The molecule has 0 saturated heterocycles. The van der Waals surface area contributed by atoms with Crippen molar-refractivity contribution in [3.63, 3.8) is 0 Å². The first-order chi connectivity index (χ1) is 8.85. The molecule has 0 aliphatic heterocycles. The van der Waals surface area contributed by atoms with E-state index < -0.39 is 0 Å². The van der Waals surface area contributed by atoms with E-state index in [1.54, 1.807) is 0 Å². The van der Waals surface area contributed by atoms with Crippen LogP contribution in [0.5, 0.6) is 0 Å². The quantitative estimate of drug-likeness (QED) is 0.806. The zero-order valence-electron chi connectivity index (χ0n) is 12.1. The van der Waals surface area contributed by atoms with Crippen LogP contribution in [0.25, 0.3) is 0 Å². The average Bonchev–Trinajstić information content (AvgIpc) is 2.33. The molecule has 1 amide bonds. The minimum atomic E-state index is -0.0543. The van der Waals surface area contributed by atoms with E-state index in [-0.39, 0.29) is 11.9 Å². The lowest BCUT2D eigenvalue weighted by Crippen LogP contribution is -2.34. The molecule has 3 nitrogen and oxygen atoms in total. The molecule has 1 aromatic rings. The van der Waals surface area contributed by atoms with Gasteiger partial charge in [0.1, 0.15) is 0 Å². The Balaban J connectivity index is 2.79. The highest BCUT2D eigenvalue weighted by atomic mass is 79.9. The van der Waals surface area contributed by atoms with Crippen molar-refractivity contribution in [2.75, 3.05) is 5.73 Å². The third-order valence-electron chi connectivity index (χ3n) is 3.49. The van der Waals surface area contributed by atoms with Crippen LogP contribution in [0.4, 0.5) is 5.69 Å². The van der Waals surface area contributed by atoms with Gasteiger partial charge in [-0.2, -0.15) is 0 Å². The summed E-state index contributed by atoms with van der Waals surface area (Å²) in [6.07, 6.45) is 2.12. The van der Waals surface area contributed by atoms with Crippen LogP contribution in [0, 0.1) is 12.8 Å². The molecule has 2 atom stereocenters. The van der Waals surface area contributed by atoms with Crippen LogP contribution in [0.2, 0.25) is 0 Å². The molecule has 0 radical (unpaired) electrons. The SMILES string of the molecule is CCC(C)CC(C)NC(=O)c1cc(Br)cc(N)c1C. The molecule has 0 saturated carbocycles. The van der Waals surface area contributed by atoms with Gasteiger partial charge >= 0.3 is 0 Å². The van der Waals surface area contributed by atoms with Crippen LogP contribution in [0.1, 0.15) is 49.5 Å². The average molecular weight is 327 g/mol. The van der Waals surface area contributed by atoms with Gasteiger partial charge in [-0.25, -0.2) is 0 Å². The van der Waals surface area contributed by atoms with Crippen LogP contribution in [-0.4, -0.2) is 11.9 Å². The highest BCUT2D eigenvalue weighted by Gasteiger charge is 2.15. The molecule has 4 heteroatoms. The first-order valence-corrected chi connectivity index (χ1v) is 7.50. The van der Waals surface area contributed by atoms with Gasteiger partial charge in [0, 0.05) is 21.8 Å². The number of carbonyl (C=O) groups is 1. The van der Waals surface area contributed by atoms with Crippen LogP contribution in [0.3, 0.4) is 0 Å². The Kier molecular flexibility index (Phi) is 5.85. The first-order valence-electron chi connectivity index (χ1n) is 6.71. The Hall–Kier alpha value is -1.03. The molecular formula is C15H23BrN2O. The fraction of sp³-hybridized carbons (Fsp3) is 0.533. The number of nitrogens with one attached hydrogen (secondary N) is 1. The number of benzene rings is 1. The van der Waals surface area contributed by atoms with Crippen molar-refractivity contribution >= 4 is 27.5 Å². The second kappa shape index (κ2) is 6.94. The van der Waals surface area contributed by atoms with Gasteiger partial charge in [-0.1, -0.05) is 36.2 Å². The van der Waals surface area contributed by atoms with Crippen molar-refractivity contribution in [1.82, 2.24) is 5.32 Å². The number of nitrogens with two attached hydrogens (primary N) is 1. The lowest BCUT2D eigenvalue weighted by atomic mass is 9.99. The number of hydrogen-bond donors (Lipinski definition) is 2. The summed E-state index contributed by atoms with van der Waals surface area (Å²) >= 11 is 3.37. The van der Waals surface area contributed by atoms with E-state index in [9.17, 15) is 4.79 Å². The van der Waals surface area contributed by atoms with Gasteiger partial charge in [-0.3, -0.25) is 4.79 Å². The highest BCUT2D eigenvalue weighted by Crippen LogP contribution is 2.23. The molecule has 106 valence electrons. The predicted octanol–water partition coefficient (Wildman–Crippen LogP) is 3.89. The van der Waals surface area contributed by atoms with Crippen molar-refractivity contribution in [2.24, 2.45) is 5.92 Å². The molecular weight excluding hydrogens is 304 g/mol. The molecule has 0 aliphatic rings. The van der Waals surface area contributed by atoms with Gasteiger partial charge in [-0.15, -0.1) is 0 Å². The Bertz CT molecular complexity index is 460. The number of nitrogen functional groups attached to an aromatic ring is 1. The molecule has 2 unspecified atom stereocenters. The maximum Gasteiger partial charge on any atom is 0.251 e. The van der Waals surface area contributed by atoms with Crippen LogP contribution < -0.4 is 11.1 Å². The molecule has 0 bridgehead atoms. The maximum atomic E-state index is 12.3. The molecule has 0 heterocycles. The van der Waals surface area contributed by atoms with Gasteiger partial charge in [-0.05, 0) is 43.9 Å². The predicted molar refractivity (Wildman–Crippen MR) is 84.3 cm³/mol. The number of amides is 1. The topological polar surface area (TPSA) is 55.1 Å². The third-order valence-corrected chi connectivity index (χ3v) is 3.95. The Labute approximate surface area is 124 Å². The van der Waals surface area contributed by atoms with Gasteiger partial charge in [0.15, 0.2) is 0 Å². The second-order valence-corrected chi connectivity index (χ2v) is 6.21. The number of rotatable bonds is 5. The fourth-order valence-electron chi connectivity index (χ4n) is 2.07. The van der Waals surface area contributed by atoms with Crippen molar-refractivity contribution in [3.05, 3.63) is 27.7 Å². The Morgan fingerprint density at radius 2 is 2.05 bits per heavy atom. The normalized spacial score (nSPS) is 13.9. The van der Waals surface area contributed by atoms with Gasteiger partial charge < -0.3 is 11.1 Å². The summed E-state index contributed by atoms with van der Waals surface area (Å²) in [4.78, 5) is 12.3. The summed E-state index contributed by atoms with van der Waals surface area (Å²) < 4.78 is 0.829. The molecule has 0 aromatic heterocycles. The largest absolute Gasteiger partial charge is 0.398 e. The summed E-state index contributed by atoms with van der Waals surface area (Å²) in [6.45, 7) is 8.28. The van der Waals surface area contributed by atoms with Crippen molar-refractivity contribution in [3.8, 4) is 0 Å². The molecule has 1 rings (SSSR count). The summed E-state index contributed by atoms with van der Waals surface area (Å²) in [5.74, 6) is 0.560. The van der Waals surface area contributed by atoms with Gasteiger partial charge in [0.2, 0.25) is 0 Å². The minimum absolute atomic E-state index is 0.0543. The zero-order valence-corrected chi connectivity index (χ0v) is 13.7. The Morgan fingerprint density at radius 1 is 1.42 bits per heavy atom. The van der Waals surface area contributed by atoms with E-state index in [1.807, 2.05) is 26.0 Å². The standard InChI is InChI=1S/C15H23BrN2O/c1-5-9(2)6-10(3)18-15(19)13-7-12(16)8-14(17)11(13)4/h7-10H,5-6,17H2,1-4H3,(H,18,19). The third kappa shape index (κ3) is 4.53. The first kappa shape index (κ1) is 16.0. The lowest BCUT2D eigenvalue weighted by Gasteiger charge is -2.18. The monoisotopic (exact) mass is 326 g/mol. The highest BCUT2D eigenvalue weighted by molar-refractivity contribution is 9.10. The van der Waals surface area contributed by atoms with Crippen molar-refractivity contribution < 1.29 is 4.79 Å². The van der Waals surface area contributed by atoms with E-state index in [1.165, 1.54) is 0 Å². The minimum Gasteiger partial charge on any atom is -0.398 e. The molecule has 19 heavy (non-hydrogen) atoms. The van der Waals surface area contributed by atoms with Crippen LogP contribution in [-0.2, 0) is 0 Å². The molecule has 0 aliphatic carbocycles. The van der Waals surface area contributed by atoms with E-state index in [0.29, 0.717) is 17.2 Å². The summed E-state index contributed by atoms with van der Waals surface area (Å²) in [5.41, 5.74) is 7.99. The maximum absolute atomic E-state index is 12.3. The zero-order chi connectivity index (χ0) is 14.6. The van der Waals surface area contributed by atoms with Crippen LogP contribution >= 0.6 is 15.9 Å². The van der Waals surface area contributed by atoms with Crippen LogP contribution in [0.15, 0.2) is 16.6 Å². The smallest absolute Gasteiger partial charge is 0.251 e. The number of halogens is 1. The number of carbonyl (C=O) groups excluding carboxylic acids is 1. The lowest BCUT2D eigenvalue weighted by molar-refractivity contribution is 0.0934. The molecule has 1 aromatic carbocycles. The van der Waals surface area contributed by atoms with Gasteiger partial charge in [0.05, 0.1) is 0 Å². The summed E-state index contributed by atoms with van der Waals surface area (Å²) in [5, 5.41) is 3.04. The second-order valence-electron chi connectivity index (χ2n) is 5.29. The number of hydrogen-bond acceptors (Lipinski definition) is 2. The molecule has 0 spiro atoms. The molecule has 0 fully saturated rings. The van der Waals surface area contributed by atoms with E-state index in [0.717, 1.165) is 22.9 Å². The Morgan fingerprint density at radius 3 is 2.63 bits per heavy atom. The summed E-state index contributed by atoms with van der Waals surface area (Å²) in [7, 11) is 0. The summed E-state index contributed by atoms with van der Waals surface area (Å²) in [6, 6.07) is 3.80. The molecule has 3 N–H and O–H groups in total.